The summed E-state index contributed by atoms with van der Waals surface area (Å²) in [7, 11) is 1.55. The number of carbonyl (C=O) groups excluding carboxylic acids is 1. The molecule has 116 valence electrons. The average Bonchev–Trinajstić information content (AvgIpc) is 2.93. The van der Waals surface area contributed by atoms with E-state index in [1.165, 1.54) is 0 Å². The lowest BCUT2D eigenvalue weighted by atomic mass is 9.89. The number of aliphatic hydroxyl groups excluding tert-OH is 1. The maximum atomic E-state index is 12.4. The lowest BCUT2D eigenvalue weighted by Gasteiger charge is -2.22. The molecule has 1 atom stereocenters. The van der Waals surface area contributed by atoms with Crippen molar-refractivity contribution in [1.82, 2.24) is 5.32 Å². The Morgan fingerprint density at radius 1 is 1.48 bits per heavy atom. The first-order valence-electron chi connectivity index (χ1n) is 7.03. The minimum Gasteiger partial charge on any atom is -0.493 e. The van der Waals surface area contributed by atoms with Gasteiger partial charge in [0.2, 0.25) is 5.91 Å². The van der Waals surface area contributed by atoms with Crippen molar-refractivity contribution in [2.24, 2.45) is 5.41 Å². The summed E-state index contributed by atoms with van der Waals surface area (Å²) in [4.78, 5) is 12.4. The first-order valence-corrected chi connectivity index (χ1v) is 7.03. The number of amides is 1. The molecule has 1 saturated heterocycles. The van der Waals surface area contributed by atoms with E-state index in [0.29, 0.717) is 23.7 Å². The van der Waals surface area contributed by atoms with Gasteiger partial charge in [0.15, 0.2) is 11.5 Å². The van der Waals surface area contributed by atoms with Crippen LogP contribution in [0.4, 0.5) is 5.69 Å². The maximum absolute atomic E-state index is 12.4. The predicted molar refractivity (Wildman–Crippen MR) is 79.8 cm³/mol. The number of rotatable bonds is 6. The van der Waals surface area contributed by atoms with Crippen LogP contribution in [0, 0.1) is 5.41 Å². The Kier molecular flexibility index (Phi) is 5.03. The zero-order valence-electron chi connectivity index (χ0n) is 12.4. The Bertz CT molecular complexity index is 498. The number of hydrogen-bond acceptors (Lipinski definition) is 5. The summed E-state index contributed by atoms with van der Waals surface area (Å²) < 4.78 is 10.6. The Hall–Kier alpha value is -1.79. The van der Waals surface area contributed by atoms with E-state index in [4.69, 9.17) is 14.6 Å². The lowest BCUT2D eigenvalue weighted by Crippen LogP contribution is -2.35. The second-order valence-electron chi connectivity index (χ2n) is 5.38. The Morgan fingerprint density at radius 2 is 2.29 bits per heavy atom. The van der Waals surface area contributed by atoms with Crippen LogP contribution in [0.25, 0.3) is 0 Å². The minimum absolute atomic E-state index is 0.00854. The summed E-state index contributed by atoms with van der Waals surface area (Å²) in [5.41, 5.74) is 0.272. The molecule has 0 aromatic heterocycles. The fraction of sp³-hybridized carbons (Fsp3) is 0.533. The van der Waals surface area contributed by atoms with Crippen LogP contribution in [0.5, 0.6) is 11.5 Å². The Balaban J connectivity index is 2.10. The van der Waals surface area contributed by atoms with Gasteiger partial charge in [0.05, 0.1) is 19.1 Å². The molecule has 0 aliphatic carbocycles. The number of nitrogens with one attached hydrogen (secondary N) is 2. The fourth-order valence-electron chi connectivity index (χ4n) is 2.32. The number of methoxy groups -OCH3 is 1. The van der Waals surface area contributed by atoms with Gasteiger partial charge in [0.25, 0.3) is 0 Å². The molecule has 1 amide bonds. The molecule has 2 rings (SSSR count). The van der Waals surface area contributed by atoms with Gasteiger partial charge in [-0.15, -0.1) is 0 Å². The van der Waals surface area contributed by atoms with Gasteiger partial charge in [-0.1, -0.05) is 0 Å². The van der Waals surface area contributed by atoms with Crippen molar-refractivity contribution in [3.05, 3.63) is 18.2 Å². The van der Waals surface area contributed by atoms with Crippen LogP contribution in [0.15, 0.2) is 18.2 Å². The van der Waals surface area contributed by atoms with Gasteiger partial charge in [-0.25, -0.2) is 0 Å². The second-order valence-corrected chi connectivity index (χ2v) is 5.38. The summed E-state index contributed by atoms with van der Waals surface area (Å²) in [5, 5.41) is 15.0. The molecule has 6 heteroatoms. The molecule has 0 radical (unpaired) electrons. The summed E-state index contributed by atoms with van der Waals surface area (Å²) in [6.07, 6.45) is 0.822. The van der Waals surface area contributed by atoms with Crippen LogP contribution in [-0.2, 0) is 4.79 Å². The molecule has 0 bridgehead atoms. The predicted octanol–water partition coefficient (Wildman–Crippen LogP) is 1.00. The topological polar surface area (TPSA) is 79.8 Å². The van der Waals surface area contributed by atoms with Crippen molar-refractivity contribution in [1.29, 1.82) is 0 Å². The van der Waals surface area contributed by atoms with Crippen molar-refractivity contribution in [3.8, 4) is 11.5 Å². The molecule has 1 heterocycles. The first kappa shape index (κ1) is 15.6. The molecule has 1 fully saturated rings. The Morgan fingerprint density at radius 3 is 2.90 bits per heavy atom. The summed E-state index contributed by atoms with van der Waals surface area (Å²) in [6, 6.07) is 5.21. The number of benzene rings is 1. The second kappa shape index (κ2) is 6.78. The number of anilines is 1. The van der Waals surface area contributed by atoms with Gasteiger partial charge in [-0.2, -0.15) is 0 Å². The highest BCUT2D eigenvalue weighted by Crippen LogP contribution is 2.32. The van der Waals surface area contributed by atoms with E-state index in [1.807, 2.05) is 6.92 Å². The van der Waals surface area contributed by atoms with Gasteiger partial charge in [-0.3, -0.25) is 4.79 Å². The van der Waals surface area contributed by atoms with E-state index in [-0.39, 0.29) is 24.5 Å². The standard InChI is InChI=1S/C15H22N2O4/c1-15(5-6-16-10-15)14(19)17-11-3-4-12(20-2)13(9-11)21-8-7-18/h3-4,9,16,18H,5-8,10H2,1-2H3,(H,17,19). The third-order valence-electron chi connectivity index (χ3n) is 3.69. The third kappa shape index (κ3) is 3.65. The quantitative estimate of drug-likeness (QED) is 0.729. The monoisotopic (exact) mass is 294 g/mol. The number of hydrogen-bond donors (Lipinski definition) is 3. The van der Waals surface area contributed by atoms with Crippen molar-refractivity contribution in [2.75, 3.05) is 38.7 Å². The molecule has 1 aromatic carbocycles. The lowest BCUT2D eigenvalue weighted by molar-refractivity contribution is -0.123. The number of ether oxygens (including phenoxy) is 2. The highest BCUT2D eigenvalue weighted by molar-refractivity contribution is 5.95. The summed E-state index contributed by atoms with van der Waals surface area (Å²) in [6.45, 7) is 3.59. The van der Waals surface area contributed by atoms with E-state index in [1.54, 1.807) is 25.3 Å². The van der Waals surface area contributed by atoms with Gasteiger partial charge in [-0.05, 0) is 32.0 Å². The molecule has 1 aliphatic heterocycles. The highest BCUT2D eigenvalue weighted by Gasteiger charge is 2.36. The van der Waals surface area contributed by atoms with Crippen molar-refractivity contribution in [2.45, 2.75) is 13.3 Å². The normalized spacial score (nSPS) is 21.1. The van der Waals surface area contributed by atoms with Crippen LogP contribution >= 0.6 is 0 Å². The van der Waals surface area contributed by atoms with Crippen LogP contribution < -0.4 is 20.1 Å². The molecule has 3 N–H and O–H groups in total. The average molecular weight is 294 g/mol. The van der Waals surface area contributed by atoms with Gasteiger partial charge < -0.3 is 25.2 Å². The van der Waals surface area contributed by atoms with E-state index >= 15 is 0 Å². The fourth-order valence-corrected chi connectivity index (χ4v) is 2.32. The summed E-state index contributed by atoms with van der Waals surface area (Å²) in [5.74, 6) is 1.06. The zero-order valence-corrected chi connectivity index (χ0v) is 12.4. The smallest absolute Gasteiger partial charge is 0.231 e. The molecule has 6 nitrogen and oxygen atoms in total. The van der Waals surface area contributed by atoms with Gasteiger partial charge in [0, 0.05) is 18.3 Å². The molecule has 1 aliphatic rings. The van der Waals surface area contributed by atoms with Gasteiger partial charge >= 0.3 is 0 Å². The molecular formula is C15H22N2O4. The van der Waals surface area contributed by atoms with Crippen molar-refractivity contribution in [3.63, 3.8) is 0 Å². The highest BCUT2D eigenvalue weighted by atomic mass is 16.5. The molecule has 21 heavy (non-hydrogen) atoms. The number of aliphatic hydroxyl groups is 1. The third-order valence-corrected chi connectivity index (χ3v) is 3.69. The zero-order chi connectivity index (χ0) is 15.3. The van der Waals surface area contributed by atoms with E-state index in [9.17, 15) is 4.79 Å². The SMILES string of the molecule is COc1ccc(NC(=O)C2(C)CCNC2)cc1OCCO. The molecule has 1 aromatic rings. The van der Waals surface area contributed by atoms with E-state index < -0.39 is 0 Å². The molecule has 0 saturated carbocycles. The Labute approximate surface area is 124 Å². The van der Waals surface area contributed by atoms with Crippen molar-refractivity contribution >= 4 is 11.6 Å². The van der Waals surface area contributed by atoms with Gasteiger partial charge in [0.1, 0.15) is 6.61 Å². The van der Waals surface area contributed by atoms with Crippen LogP contribution in [0.2, 0.25) is 0 Å². The van der Waals surface area contributed by atoms with E-state index in [0.717, 1.165) is 13.0 Å². The largest absolute Gasteiger partial charge is 0.493 e. The molecular weight excluding hydrogens is 272 g/mol. The summed E-state index contributed by atoms with van der Waals surface area (Å²) >= 11 is 0. The van der Waals surface area contributed by atoms with Crippen LogP contribution in [-0.4, -0.2) is 44.4 Å². The maximum Gasteiger partial charge on any atom is 0.231 e. The van der Waals surface area contributed by atoms with Crippen molar-refractivity contribution < 1.29 is 19.4 Å². The minimum atomic E-state index is -0.383. The number of carbonyl (C=O) groups is 1. The van der Waals surface area contributed by atoms with Crippen LogP contribution in [0.1, 0.15) is 13.3 Å². The van der Waals surface area contributed by atoms with Crippen LogP contribution in [0.3, 0.4) is 0 Å². The molecule has 1 unspecified atom stereocenters. The first-order chi connectivity index (χ1) is 10.1. The van der Waals surface area contributed by atoms with E-state index in [2.05, 4.69) is 10.6 Å². The molecule has 0 spiro atoms.